The summed E-state index contributed by atoms with van der Waals surface area (Å²) in [5.74, 6) is -0.779. The van der Waals surface area contributed by atoms with Crippen LogP contribution >= 0.6 is 0 Å². The first-order valence-corrected chi connectivity index (χ1v) is 5.36. The Morgan fingerprint density at radius 1 is 1.28 bits per heavy atom. The van der Waals surface area contributed by atoms with E-state index in [1.807, 2.05) is 25.1 Å². The zero-order chi connectivity index (χ0) is 13.1. The van der Waals surface area contributed by atoms with E-state index in [9.17, 15) is 14.7 Å². The van der Waals surface area contributed by atoms with Crippen molar-refractivity contribution in [1.82, 2.24) is 4.98 Å². The van der Waals surface area contributed by atoms with Crippen molar-refractivity contribution < 1.29 is 9.90 Å². The lowest BCUT2D eigenvalue weighted by Gasteiger charge is -2.05. The molecule has 0 unspecified atom stereocenters. The number of hydrogen-bond donors (Lipinski definition) is 3. The van der Waals surface area contributed by atoms with Crippen LogP contribution in [0.2, 0.25) is 0 Å². The van der Waals surface area contributed by atoms with Crippen molar-refractivity contribution in [2.75, 3.05) is 5.32 Å². The van der Waals surface area contributed by atoms with Crippen molar-refractivity contribution in [3.05, 3.63) is 57.9 Å². The number of nitrogens with one attached hydrogen (secondary N) is 2. The Bertz CT molecular complexity index is 647. The summed E-state index contributed by atoms with van der Waals surface area (Å²) in [6.07, 6.45) is 0. The van der Waals surface area contributed by atoms with Gasteiger partial charge < -0.3 is 10.4 Å². The van der Waals surface area contributed by atoms with E-state index in [2.05, 4.69) is 10.3 Å². The maximum atomic E-state index is 11.9. The minimum Gasteiger partial charge on any atom is -0.494 e. The molecule has 92 valence electrons. The molecule has 5 nitrogen and oxygen atoms in total. The number of carbonyl (C=O) groups excluding carboxylic acids is 1. The van der Waals surface area contributed by atoms with Crippen molar-refractivity contribution in [3.8, 4) is 5.88 Å². The fraction of sp³-hybridized carbons (Fsp3) is 0.0769. The number of aromatic nitrogens is 1. The van der Waals surface area contributed by atoms with E-state index in [1.165, 1.54) is 6.07 Å². The van der Waals surface area contributed by atoms with Gasteiger partial charge in [-0.1, -0.05) is 12.1 Å². The Morgan fingerprint density at radius 3 is 2.72 bits per heavy atom. The average Bonchev–Trinajstić information content (AvgIpc) is 2.27. The maximum absolute atomic E-state index is 11.9. The molecule has 1 amide bonds. The third kappa shape index (κ3) is 2.76. The molecule has 3 N–H and O–H groups in total. The molecule has 0 aliphatic rings. The monoisotopic (exact) mass is 244 g/mol. The largest absolute Gasteiger partial charge is 0.494 e. The molecule has 5 heteroatoms. The Balaban J connectivity index is 2.24. The molecular formula is C13H12N2O3. The molecule has 0 bridgehead atoms. The van der Waals surface area contributed by atoms with Gasteiger partial charge in [0.15, 0.2) is 5.88 Å². The number of aromatic hydroxyl groups is 1. The summed E-state index contributed by atoms with van der Waals surface area (Å²) in [4.78, 5) is 25.1. The fourth-order valence-electron chi connectivity index (χ4n) is 1.59. The molecule has 1 aromatic carbocycles. The van der Waals surface area contributed by atoms with Crippen LogP contribution in [0.4, 0.5) is 5.69 Å². The lowest BCUT2D eigenvalue weighted by atomic mass is 10.2. The van der Waals surface area contributed by atoms with E-state index >= 15 is 0 Å². The number of rotatable bonds is 2. The lowest BCUT2D eigenvalue weighted by molar-refractivity contribution is 0.102. The first kappa shape index (κ1) is 11.9. The summed E-state index contributed by atoms with van der Waals surface area (Å²) in [5, 5.41) is 11.9. The molecule has 2 aromatic rings. The average molecular weight is 244 g/mol. The molecule has 1 aromatic heterocycles. The number of benzene rings is 1. The number of carbonyl (C=O) groups is 1. The van der Waals surface area contributed by atoms with Gasteiger partial charge in [0.2, 0.25) is 0 Å². The molecule has 0 aliphatic carbocycles. The van der Waals surface area contributed by atoms with Crippen LogP contribution in [0, 0.1) is 6.92 Å². The van der Waals surface area contributed by atoms with Gasteiger partial charge in [0.1, 0.15) is 0 Å². The molecule has 0 radical (unpaired) electrons. The third-order valence-corrected chi connectivity index (χ3v) is 2.37. The summed E-state index contributed by atoms with van der Waals surface area (Å²) in [7, 11) is 0. The van der Waals surface area contributed by atoms with Crippen LogP contribution in [0.5, 0.6) is 5.88 Å². The second kappa shape index (κ2) is 4.75. The van der Waals surface area contributed by atoms with Crippen LogP contribution in [0.3, 0.4) is 0 Å². The predicted molar refractivity (Wildman–Crippen MR) is 67.9 cm³/mol. The topological polar surface area (TPSA) is 82.2 Å². The van der Waals surface area contributed by atoms with Crippen molar-refractivity contribution in [3.63, 3.8) is 0 Å². The van der Waals surface area contributed by atoms with Gasteiger partial charge >= 0.3 is 0 Å². The minimum atomic E-state index is -0.524. The summed E-state index contributed by atoms with van der Waals surface area (Å²) in [6.45, 7) is 1.91. The van der Waals surface area contributed by atoms with Gasteiger partial charge in [0, 0.05) is 17.8 Å². The normalized spacial score (nSPS) is 10.1. The summed E-state index contributed by atoms with van der Waals surface area (Å²) >= 11 is 0. The van der Waals surface area contributed by atoms with Gasteiger partial charge in [-0.05, 0) is 24.6 Å². The van der Waals surface area contributed by atoms with Crippen molar-refractivity contribution in [2.24, 2.45) is 0 Å². The molecule has 18 heavy (non-hydrogen) atoms. The van der Waals surface area contributed by atoms with Crippen molar-refractivity contribution in [2.45, 2.75) is 6.92 Å². The fourth-order valence-corrected chi connectivity index (χ4v) is 1.59. The maximum Gasteiger partial charge on any atom is 0.256 e. The van der Waals surface area contributed by atoms with Gasteiger partial charge in [-0.25, -0.2) is 0 Å². The van der Waals surface area contributed by atoms with Crippen molar-refractivity contribution in [1.29, 1.82) is 0 Å². The van der Waals surface area contributed by atoms with Gasteiger partial charge in [-0.3, -0.25) is 14.6 Å². The number of aryl methyl sites for hydroxylation is 1. The molecule has 0 saturated heterocycles. The van der Waals surface area contributed by atoms with Crippen molar-refractivity contribution >= 4 is 11.6 Å². The highest BCUT2D eigenvalue weighted by atomic mass is 16.3. The minimum absolute atomic E-state index is 0.109. The Labute approximate surface area is 103 Å². The molecule has 0 fully saturated rings. The quantitative estimate of drug-likeness (QED) is 0.751. The lowest BCUT2D eigenvalue weighted by Crippen LogP contribution is -2.15. The number of aromatic amines is 1. The van der Waals surface area contributed by atoms with Crippen LogP contribution in [-0.4, -0.2) is 16.0 Å². The Hall–Kier alpha value is -2.56. The van der Waals surface area contributed by atoms with E-state index in [4.69, 9.17) is 0 Å². The van der Waals surface area contributed by atoms with Gasteiger partial charge in [-0.2, -0.15) is 0 Å². The van der Waals surface area contributed by atoms with E-state index in [0.717, 1.165) is 11.6 Å². The molecular weight excluding hydrogens is 232 g/mol. The highest BCUT2D eigenvalue weighted by molar-refractivity contribution is 6.04. The number of amides is 1. The standard InChI is InChI=1S/C13H12N2O3/c1-8-3-2-4-10(5-8)14-13(18)9-6-11(16)15-12(17)7-9/h2-7H,1H3,(H,14,18)(H2,15,16,17). The van der Waals surface area contributed by atoms with E-state index in [1.54, 1.807) is 6.07 Å². The third-order valence-electron chi connectivity index (χ3n) is 2.37. The second-order valence-corrected chi connectivity index (χ2v) is 3.94. The van der Waals surface area contributed by atoms with E-state index in [-0.39, 0.29) is 11.4 Å². The number of anilines is 1. The first-order valence-electron chi connectivity index (χ1n) is 5.36. The molecule has 2 rings (SSSR count). The van der Waals surface area contributed by atoms with E-state index < -0.39 is 11.5 Å². The van der Waals surface area contributed by atoms with E-state index in [0.29, 0.717) is 5.69 Å². The Morgan fingerprint density at radius 2 is 2.06 bits per heavy atom. The molecule has 0 aliphatic heterocycles. The SMILES string of the molecule is Cc1cccc(NC(=O)c2cc(O)[nH]c(=O)c2)c1. The number of pyridine rings is 1. The zero-order valence-electron chi connectivity index (χ0n) is 9.73. The van der Waals surface area contributed by atoms with Gasteiger partial charge in [0.25, 0.3) is 11.5 Å². The Kier molecular flexibility index (Phi) is 3.14. The van der Waals surface area contributed by atoms with Gasteiger partial charge in [0.05, 0.1) is 5.56 Å². The highest BCUT2D eigenvalue weighted by Gasteiger charge is 2.08. The molecule has 0 saturated carbocycles. The highest BCUT2D eigenvalue weighted by Crippen LogP contribution is 2.12. The zero-order valence-corrected chi connectivity index (χ0v) is 9.73. The van der Waals surface area contributed by atoms with Crippen LogP contribution in [0.15, 0.2) is 41.2 Å². The molecule has 0 spiro atoms. The number of hydrogen-bond acceptors (Lipinski definition) is 3. The first-order chi connectivity index (χ1) is 8.54. The second-order valence-electron chi connectivity index (χ2n) is 3.94. The summed E-state index contributed by atoms with van der Waals surface area (Å²) in [6, 6.07) is 9.62. The van der Waals surface area contributed by atoms with Crippen LogP contribution in [0.1, 0.15) is 15.9 Å². The molecule has 0 atom stereocenters. The van der Waals surface area contributed by atoms with Crippen LogP contribution < -0.4 is 10.9 Å². The summed E-state index contributed by atoms with van der Waals surface area (Å²) < 4.78 is 0. The smallest absolute Gasteiger partial charge is 0.256 e. The number of H-pyrrole nitrogens is 1. The predicted octanol–water partition coefficient (Wildman–Crippen LogP) is 1.64. The molecule has 1 heterocycles. The van der Waals surface area contributed by atoms with Crippen LogP contribution in [-0.2, 0) is 0 Å². The summed E-state index contributed by atoms with van der Waals surface area (Å²) in [5.41, 5.74) is 1.24. The van der Waals surface area contributed by atoms with Gasteiger partial charge in [-0.15, -0.1) is 0 Å². The van der Waals surface area contributed by atoms with Crippen LogP contribution in [0.25, 0.3) is 0 Å².